The van der Waals surface area contributed by atoms with Gasteiger partial charge in [0.1, 0.15) is 5.75 Å². The third kappa shape index (κ3) is 3.76. The molecule has 0 spiro atoms. The van der Waals surface area contributed by atoms with E-state index in [0.29, 0.717) is 6.61 Å². The lowest BCUT2D eigenvalue weighted by molar-refractivity contribution is 0.340. The van der Waals surface area contributed by atoms with Crippen LogP contribution < -0.4 is 10.5 Å². The second-order valence-corrected chi connectivity index (χ2v) is 3.68. The summed E-state index contributed by atoms with van der Waals surface area (Å²) in [7, 11) is 0. The molecule has 1 aromatic rings. The molecule has 0 aliphatic heterocycles. The highest BCUT2D eigenvalue weighted by molar-refractivity contribution is 5.54. The second kappa shape index (κ2) is 5.56. The highest BCUT2D eigenvalue weighted by Crippen LogP contribution is 2.15. The van der Waals surface area contributed by atoms with Gasteiger partial charge in [-0.15, -0.1) is 0 Å². The average Bonchev–Trinajstić information content (AvgIpc) is 2.21. The van der Waals surface area contributed by atoms with Crippen molar-refractivity contribution >= 4 is 6.08 Å². The smallest absolute Gasteiger partial charge is 0.119 e. The van der Waals surface area contributed by atoms with Gasteiger partial charge in [0.15, 0.2) is 0 Å². The molecule has 0 aliphatic rings. The molecule has 0 amide bonds. The van der Waals surface area contributed by atoms with Crippen molar-refractivity contribution in [3.8, 4) is 5.75 Å². The van der Waals surface area contributed by atoms with Gasteiger partial charge in [0.2, 0.25) is 0 Å². The van der Waals surface area contributed by atoms with Crippen LogP contribution in [0.1, 0.15) is 26.3 Å². The van der Waals surface area contributed by atoms with E-state index in [1.54, 1.807) is 0 Å². The number of nitrogens with two attached hydrogens (primary N) is 1. The van der Waals surface area contributed by atoms with Crippen LogP contribution in [0.3, 0.4) is 0 Å². The van der Waals surface area contributed by atoms with Gasteiger partial charge >= 0.3 is 0 Å². The monoisotopic (exact) mass is 205 g/mol. The SMILES string of the molecule is CCOc1ccc(/C=C(/C)C(C)N)cc1. The largest absolute Gasteiger partial charge is 0.494 e. The maximum Gasteiger partial charge on any atom is 0.119 e. The molecule has 82 valence electrons. The Morgan fingerprint density at radius 3 is 2.47 bits per heavy atom. The molecular weight excluding hydrogens is 186 g/mol. The Morgan fingerprint density at radius 1 is 1.40 bits per heavy atom. The molecule has 2 heteroatoms. The molecule has 1 aromatic carbocycles. The van der Waals surface area contributed by atoms with Crippen molar-refractivity contribution in [2.75, 3.05) is 6.61 Å². The van der Waals surface area contributed by atoms with E-state index in [1.165, 1.54) is 5.57 Å². The Balaban J connectivity index is 2.76. The summed E-state index contributed by atoms with van der Waals surface area (Å²) in [5.74, 6) is 0.910. The van der Waals surface area contributed by atoms with Gasteiger partial charge in [0, 0.05) is 6.04 Å². The van der Waals surface area contributed by atoms with Gasteiger partial charge in [-0.1, -0.05) is 23.8 Å². The zero-order chi connectivity index (χ0) is 11.3. The number of rotatable bonds is 4. The zero-order valence-electron chi connectivity index (χ0n) is 9.66. The predicted molar refractivity (Wildman–Crippen MR) is 64.9 cm³/mol. The topological polar surface area (TPSA) is 35.2 Å². The van der Waals surface area contributed by atoms with E-state index in [9.17, 15) is 0 Å². The Labute approximate surface area is 91.7 Å². The van der Waals surface area contributed by atoms with Crippen molar-refractivity contribution in [2.24, 2.45) is 5.73 Å². The Hall–Kier alpha value is -1.28. The van der Waals surface area contributed by atoms with Gasteiger partial charge in [-0.25, -0.2) is 0 Å². The molecule has 0 aromatic heterocycles. The van der Waals surface area contributed by atoms with Crippen molar-refractivity contribution in [3.63, 3.8) is 0 Å². The van der Waals surface area contributed by atoms with Gasteiger partial charge in [-0.3, -0.25) is 0 Å². The third-order valence-corrected chi connectivity index (χ3v) is 2.30. The number of hydrogen-bond donors (Lipinski definition) is 1. The van der Waals surface area contributed by atoms with Gasteiger partial charge in [-0.2, -0.15) is 0 Å². The second-order valence-electron chi connectivity index (χ2n) is 3.68. The minimum absolute atomic E-state index is 0.108. The summed E-state index contributed by atoms with van der Waals surface area (Å²) >= 11 is 0. The third-order valence-electron chi connectivity index (χ3n) is 2.30. The summed E-state index contributed by atoms with van der Waals surface area (Å²) in [4.78, 5) is 0. The number of ether oxygens (including phenoxy) is 1. The average molecular weight is 205 g/mol. The lowest BCUT2D eigenvalue weighted by Crippen LogP contribution is -2.15. The summed E-state index contributed by atoms with van der Waals surface area (Å²) in [6.45, 7) is 6.71. The standard InChI is InChI=1S/C13H19NO/c1-4-15-13-7-5-12(6-8-13)9-10(2)11(3)14/h5-9,11H,4,14H2,1-3H3/b10-9-. The van der Waals surface area contributed by atoms with E-state index in [2.05, 4.69) is 6.08 Å². The summed E-state index contributed by atoms with van der Waals surface area (Å²) in [6.07, 6.45) is 2.10. The molecule has 0 saturated heterocycles. The Morgan fingerprint density at radius 2 is 2.00 bits per heavy atom. The summed E-state index contributed by atoms with van der Waals surface area (Å²) in [6, 6.07) is 8.14. The number of benzene rings is 1. The first-order valence-corrected chi connectivity index (χ1v) is 5.30. The summed E-state index contributed by atoms with van der Waals surface area (Å²) in [5, 5.41) is 0. The fraction of sp³-hybridized carbons (Fsp3) is 0.385. The van der Waals surface area contributed by atoms with Crippen LogP contribution in [0, 0.1) is 0 Å². The van der Waals surface area contributed by atoms with Gasteiger partial charge in [-0.05, 0) is 38.5 Å². The van der Waals surface area contributed by atoms with Crippen molar-refractivity contribution in [2.45, 2.75) is 26.8 Å². The molecule has 15 heavy (non-hydrogen) atoms. The van der Waals surface area contributed by atoms with Gasteiger partial charge in [0.05, 0.1) is 6.61 Å². The van der Waals surface area contributed by atoms with Crippen molar-refractivity contribution < 1.29 is 4.74 Å². The molecular formula is C13H19NO. The van der Waals surface area contributed by atoms with Crippen molar-refractivity contribution in [3.05, 3.63) is 35.4 Å². The molecule has 0 bridgehead atoms. The maximum atomic E-state index is 5.77. The molecule has 0 heterocycles. The van der Waals surface area contributed by atoms with Gasteiger partial charge in [0.25, 0.3) is 0 Å². The first-order valence-electron chi connectivity index (χ1n) is 5.30. The van der Waals surface area contributed by atoms with E-state index in [-0.39, 0.29) is 6.04 Å². The Bertz CT molecular complexity index is 325. The van der Waals surface area contributed by atoms with Crippen molar-refractivity contribution in [1.82, 2.24) is 0 Å². The molecule has 2 N–H and O–H groups in total. The molecule has 1 unspecified atom stereocenters. The van der Waals surface area contributed by atoms with Gasteiger partial charge < -0.3 is 10.5 Å². The fourth-order valence-corrected chi connectivity index (χ4v) is 1.22. The van der Waals surface area contributed by atoms with E-state index >= 15 is 0 Å². The lowest BCUT2D eigenvalue weighted by Gasteiger charge is -2.06. The predicted octanol–water partition coefficient (Wildman–Crippen LogP) is 2.84. The molecule has 1 atom stereocenters. The summed E-state index contributed by atoms with van der Waals surface area (Å²) < 4.78 is 5.37. The quantitative estimate of drug-likeness (QED) is 0.820. The van der Waals surface area contributed by atoms with Crippen LogP contribution in [0.25, 0.3) is 6.08 Å². The number of hydrogen-bond acceptors (Lipinski definition) is 2. The van der Waals surface area contributed by atoms with E-state index in [1.807, 2.05) is 45.0 Å². The molecule has 0 aliphatic carbocycles. The highest BCUT2D eigenvalue weighted by atomic mass is 16.5. The van der Waals surface area contributed by atoms with Crippen LogP contribution in [0.5, 0.6) is 5.75 Å². The van der Waals surface area contributed by atoms with E-state index < -0.39 is 0 Å². The first kappa shape index (κ1) is 11.8. The Kier molecular flexibility index (Phi) is 4.37. The van der Waals surface area contributed by atoms with Crippen LogP contribution >= 0.6 is 0 Å². The van der Waals surface area contributed by atoms with Crippen molar-refractivity contribution in [1.29, 1.82) is 0 Å². The minimum Gasteiger partial charge on any atom is -0.494 e. The first-order chi connectivity index (χ1) is 7.13. The zero-order valence-corrected chi connectivity index (χ0v) is 9.66. The highest BCUT2D eigenvalue weighted by Gasteiger charge is 1.97. The van der Waals surface area contributed by atoms with Crippen LogP contribution in [0.4, 0.5) is 0 Å². The van der Waals surface area contributed by atoms with Crippen LogP contribution in [-0.2, 0) is 0 Å². The van der Waals surface area contributed by atoms with Crippen LogP contribution in [-0.4, -0.2) is 12.6 Å². The summed E-state index contributed by atoms with van der Waals surface area (Å²) in [5.41, 5.74) is 8.11. The maximum absolute atomic E-state index is 5.77. The molecule has 2 nitrogen and oxygen atoms in total. The lowest BCUT2D eigenvalue weighted by atomic mass is 10.1. The van der Waals surface area contributed by atoms with Crippen LogP contribution in [0.15, 0.2) is 29.8 Å². The van der Waals surface area contributed by atoms with E-state index in [0.717, 1.165) is 11.3 Å². The minimum atomic E-state index is 0.108. The fourth-order valence-electron chi connectivity index (χ4n) is 1.22. The molecule has 0 fully saturated rings. The molecule has 0 radical (unpaired) electrons. The van der Waals surface area contributed by atoms with E-state index in [4.69, 9.17) is 10.5 Å². The molecule has 0 saturated carbocycles. The van der Waals surface area contributed by atoms with Crippen LogP contribution in [0.2, 0.25) is 0 Å². The molecule has 1 rings (SSSR count). The normalized spacial score (nSPS) is 13.7.